The molecule has 0 saturated heterocycles. The number of rotatable bonds is 5. The van der Waals surface area contributed by atoms with Crippen molar-refractivity contribution in [3.8, 4) is 0 Å². The Morgan fingerprint density at radius 2 is 2.00 bits per heavy atom. The highest BCUT2D eigenvalue weighted by atomic mass is 32.2. The molecule has 0 fully saturated rings. The van der Waals surface area contributed by atoms with Crippen LogP contribution in [0.4, 0.5) is 4.39 Å². The summed E-state index contributed by atoms with van der Waals surface area (Å²) in [5.74, 6) is -0.303. The van der Waals surface area contributed by atoms with Gasteiger partial charge in [0.15, 0.2) is 0 Å². The number of sulfonamides is 1. The van der Waals surface area contributed by atoms with E-state index in [0.717, 1.165) is 15.8 Å². The molecule has 0 amide bonds. The monoisotopic (exact) mass is 366 g/mol. The zero-order valence-electron chi connectivity index (χ0n) is 13.7. The Morgan fingerprint density at radius 3 is 2.67 bits per heavy atom. The average Bonchev–Trinajstić information content (AvgIpc) is 3.12. The number of halogens is 1. The highest BCUT2D eigenvalue weighted by Crippen LogP contribution is 2.31. The maximum Gasteiger partial charge on any atom is 0.250 e. The topological polar surface area (TPSA) is 62.0 Å². The molecule has 0 aliphatic heterocycles. The van der Waals surface area contributed by atoms with E-state index in [2.05, 4.69) is 9.71 Å². The van der Waals surface area contributed by atoms with Crippen LogP contribution < -0.4 is 4.72 Å². The third kappa shape index (κ3) is 3.24. The van der Waals surface area contributed by atoms with Gasteiger partial charge in [-0.25, -0.2) is 17.5 Å². The second-order valence-corrected chi connectivity index (χ2v) is 9.75. The fourth-order valence-corrected chi connectivity index (χ4v) is 5.20. The molecule has 2 N–H and O–H groups in total. The molecule has 0 aliphatic rings. The molecular weight excluding hydrogens is 347 g/mol. The molecule has 0 saturated carbocycles. The van der Waals surface area contributed by atoms with Crippen molar-refractivity contribution in [1.29, 1.82) is 0 Å². The van der Waals surface area contributed by atoms with E-state index < -0.39 is 15.4 Å². The summed E-state index contributed by atoms with van der Waals surface area (Å²) in [5.41, 5.74) is 1.20. The first-order valence-corrected chi connectivity index (χ1v) is 9.82. The minimum atomic E-state index is -3.53. The van der Waals surface area contributed by atoms with E-state index in [1.165, 1.54) is 23.5 Å². The SMILES string of the molecule is Cc1ccc(S(=O)(=O)NCC(C)(C)c2c[nH]c3cc(F)ccc23)s1. The lowest BCUT2D eigenvalue weighted by molar-refractivity contribution is 0.505. The summed E-state index contributed by atoms with van der Waals surface area (Å²) in [4.78, 5) is 4.00. The molecule has 0 bridgehead atoms. The first-order chi connectivity index (χ1) is 11.2. The highest BCUT2D eigenvalue weighted by Gasteiger charge is 2.27. The smallest absolute Gasteiger partial charge is 0.250 e. The minimum absolute atomic E-state index is 0.247. The van der Waals surface area contributed by atoms with Crippen molar-refractivity contribution < 1.29 is 12.8 Å². The third-order valence-electron chi connectivity index (χ3n) is 4.06. The van der Waals surface area contributed by atoms with Crippen LogP contribution in [0.3, 0.4) is 0 Å². The van der Waals surface area contributed by atoms with Crippen LogP contribution in [-0.4, -0.2) is 19.9 Å². The number of aryl methyl sites for hydroxylation is 1. The summed E-state index contributed by atoms with van der Waals surface area (Å²) >= 11 is 1.25. The molecule has 3 rings (SSSR count). The van der Waals surface area contributed by atoms with E-state index in [1.54, 1.807) is 18.2 Å². The maximum atomic E-state index is 13.3. The summed E-state index contributed by atoms with van der Waals surface area (Å²) in [6.45, 7) is 6.04. The molecule has 0 unspecified atom stereocenters. The van der Waals surface area contributed by atoms with Gasteiger partial charge in [0, 0.05) is 33.9 Å². The van der Waals surface area contributed by atoms with Crippen LogP contribution in [-0.2, 0) is 15.4 Å². The quantitative estimate of drug-likeness (QED) is 0.719. The average molecular weight is 366 g/mol. The van der Waals surface area contributed by atoms with E-state index >= 15 is 0 Å². The molecule has 2 aromatic heterocycles. The Kier molecular flexibility index (Phi) is 4.27. The molecule has 2 heterocycles. The third-order valence-corrected chi connectivity index (χ3v) is 6.95. The van der Waals surface area contributed by atoms with Crippen LogP contribution in [0.2, 0.25) is 0 Å². The van der Waals surface area contributed by atoms with Crippen molar-refractivity contribution in [2.45, 2.75) is 30.4 Å². The van der Waals surface area contributed by atoms with Gasteiger partial charge in [-0.1, -0.05) is 13.8 Å². The molecule has 0 radical (unpaired) electrons. The lowest BCUT2D eigenvalue weighted by atomic mass is 9.85. The molecule has 0 atom stereocenters. The molecule has 1 aromatic carbocycles. The molecule has 3 aromatic rings. The first kappa shape index (κ1) is 17.1. The molecule has 0 spiro atoms. The van der Waals surface area contributed by atoms with Gasteiger partial charge in [0.1, 0.15) is 10.0 Å². The van der Waals surface area contributed by atoms with Crippen molar-refractivity contribution in [1.82, 2.24) is 9.71 Å². The second-order valence-electron chi connectivity index (χ2n) is 6.47. The second kappa shape index (κ2) is 5.98. The van der Waals surface area contributed by atoms with Crippen LogP contribution in [0.5, 0.6) is 0 Å². The van der Waals surface area contributed by atoms with Gasteiger partial charge in [0.25, 0.3) is 0 Å². The number of fused-ring (bicyclic) bond motifs is 1. The van der Waals surface area contributed by atoms with Crippen molar-refractivity contribution in [2.75, 3.05) is 6.54 Å². The van der Waals surface area contributed by atoms with Gasteiger partial charge in [-0.05, 0) is 42.8 Å². The predicted octanol–water partition coefficient (Wildman–Crippen LogP) is 3.93. The largest absolute Gasteiger partial charge is 0.361 e. The normalized spacial score (nSPS) is 12.8. The Hall–Kier alpha value is -1.70. The number of aromatic amines is 1. The lowest BCUT2D eigenvalue weighted by Crippen LogP contribution is -2.36. The van der Waals surface area contributed by atoms with Crippen molar-refractivity contribution >= 4 is 32.3 Å². The van der Waals surface area contributed by atoms with Crippen molar-refractivity contribution in [3.05, 3.63) is 52.8 Å². The molecule has 0 aliphatic carbocycles. The highest BCUT2D eigenvalue weighted by molar-refractivity contribution is 7.91. The number of hydrogen-bond donors (Lipinski definition) is 2. The fraction of sp³-hybridized carbons (Fsp3) is 0.294. The molecule has 4 nitrogen and oxygen atoms in total. The van der Waals surface area contributed by atoms with Gasteiger partial charge >= 0.3 is 0 Å². The van der Waals surface area contributed by atoms with E-state index in [9.17, 15) is 12.8 Å². The van der Waals surface area contributed by atoms with Gasteiger partial charge in [0.2, 0.25) is 10.0 Å². The summed E-state index contributed by atoms with van der Waals surface area (Å²) in [7, 11) is -3.53. The first-order valence-electron chi connectivity index (χ1n) is 7.52. The van der Waals surface area contributed by atoms with Gasteiger partial charge in [-0.2, -0.15) is 0 Å². The van der Waals surface area contributed by atoms with Gasteiger partial charge < -0.3 is 4.98 Å². The molecule has 7 heteroatoms. The number of hydrogen-bond acceptors (Lipinski definition) is 3. The van der Waals surface area contributed by atoms with E-state index in [4.69, 9.17) is 0 Å². The van der Waals surface area contributed by atoms with Crippen LogP contribution in [0, 0.1) is 12.7 Å². The van der Waals surface area contributed by atoms with Crippen molar-refractivity contribution in [3.63, 3.8) is 0 Å². The minimum Gasteiger partial charge on any atom is -0.361 e. The van der Waals surface area contributed by atoms with Crippen LogP contribution in [0.1, 0.15) is 24.3 Å². The Morgan fingerprint density at radius 1 is 1.25 bits per heavy atom. The fourth-order valence-electron chi connectivity index (χ4n) is 2.66. The summed E-state index contributed by atoms with van der Waals surface area (Å²) in [5, 5.41) is 0.896. The van der Waals surface area contributed by atoms with Gasteiger partial charge in [-0.15, -0.1) is 11.3 Å². The summed E-state index contributed by atoms with van der Waals surface area (Å²) < 4.78 is 41.2. The van der Waals surface area contributed by atoms with Crippen LogP contribution >= 0.6 is 11.3 Å². The molecule has 128 valence electrons. The summed E-state index contributed by atoms with van der Waals surface area (Å²) in [6, 6.07) is 7.97. The molecular formula is C17H19FN2O2S2. The van der Waals surface area contributed by atoms with Crippen LogP contribution in [0.15, 0.2) is 40.7 Å². The zero-order chi connectivity index (χ0) is 17.5. The number of nitrogens with one attached hydrogen (secondary N) is 2. The van der Waals surface area contributed by atoms with E-state index in [0.29, 0.717) is 9.73 Å². The zero-order valence-corrected chi connectivity index (χ0v) is 15.3. The standard InChI is InChI=1S/C17H19FN2O2S2/c1-11-4-7-16(23-11)24(21,22)20-10-17(2,3)14-9-19-15-8-12(18)5-6-13(14)15/h4-9,19-20H,10H2,1-3H3. The number of thiophene rings is 1. The van der Waals surface area contributed by atoms with Gasteiger partial charge in [0.05, 0.1) is 0 Å². The maximum absolute atomic E-state index is 13.3. The van der Waals surface area contributed by atoms with Crippen molar-refractivity contribution in [2.24, 2.45) is 0 Å². The van der Waals surface area contributed by atoms with E-state index in [-0.39, 0.29) is 12.4 Å². The Labute approximate surface area is 144 Å². The number of aromatic nitrogens is 1. The lowest BCUT2D eigenvalue weighted by Gasteiger charge is -2.24. The number of benzene rings is 1. The Balaban J connectivity index is 1.85. The van der Waals surface area contributed by atoms with Gasteiger partial charge in [-0.3, -0.25) is 0 Å². The Bertz CT molecular complexity index is 987. The van der Waals surface area contributed by atoms with Crippen LogP contribution in [0.25, 0.3) is 10.9 Å². The predicted molar refractivity (Wildman–Crippen MR) is 95.5 cm³/mol. The molecule has 24 heavy (non-hydrogen) atoms. The summed E-state index contributed by atoms with van der Waals surface area (Å²) in [6.07, 6.45) is 1.81. The van der Waals surface area contributed by atoms with E-state index in [1.807, 2.05) is 27.0 Å². The number of H-pyrrole nitrogens is 1.